The summed E-state index contributed by atoms with van der Waals surface area (Å²) >= 11 is 0. The molecule has 0 aliphatic carbocycles. The molecule has 1 heterocycles. The molecule has 0 radical (unpaired) electrons. The fourth-order valence-corrected chi connectivity index (χ4v) is 2.83. The van der Waals surface area contributed by atoms with Crippen LogP contribution in [0.3, 0.4) is 0 Å². The zero-order chi connectivity index (χ0) is 19.5. The number of rotatable bonds is 5. The Morgan fingerprint density at radius 2 is 1.86 bits per heavy atom. The maximum Gasteiger partial charge on any atom is 0.227 e. The monoisotopic (exact) mass is 374 g/mol. The van der Waals surface area contributed by atoms with E-state index in [2.05, 4.69) is 9.98 Å². The topological polar surface area (TPSA) is 77.1 Å². The van der Waals surface area contributed by atoms with Crippen molar-refractivity contribution in [3.8, 4) is 28.7 Å². The Bertz CT molecular complexity index is 1160. The van der Waals surface area contributed by atoms with E-state index in [1.54, 1.807) is 31.5 Å². The molecule has 0 bridgehead atoms. The number of aliphatic imine (C=N–C) groups is 1. The van der Waals surface area contributed by atoms with Crippen LogP contribution in [0, 0.1) is 0 Å². The lowest BCUT2D eigenvalue weighted by Gasteiger charge is -2.04. The Balaban J connectivity index is 1.65. The summed E-state index contributed by atoms with van der Waals surface area (Å²) in [5.74, 6) is 1.71. The first-order valence-corrected chi connectivity index (χ1v) is 8.63. The van der Waals surface area contributed by atoms with Crippen molar-refractivity contribution < 1.29 is 19.0 Å². The van der Waals surface area contributed by atoms with Gasteiger partial charge in [0.2, 0.25) is 5.89 Å². The summed E-state index contributed by atoms with van der Waals surface area (Å²) in [6, 6.07) is 18.3. The smallest absolute Gasteiger partial charge is 0.227 e. The number of phenolic OH excluding ortho intramolecular Hbond substituents is 1. The second kappa shape index (κ2) is 7.44. The van der Waals surface area contributed by atoms with E-state index < -0.39 is 0 Å². The van der Waals surface area contributed by atoms with Crippen molar-refractivity contribution in [3.05, 3.63) is 66.2 Å². The van der Waals surface area contributed by atoms with Crippen LogP contribution in [0.5, 0.6) is 17.2 Å². The SMILES string of the molecule is COc1cccc(-c2nc3cc(N=Cc4cccc(OC)c4O)ccc3o2)c1. The number of fused-ring (bicyclic) bond motifs is 1. The molecule has 6 nitrogen and oxygen atoms in total. The van der Waals surface area contributed by atoms with E-state index in [0.717, 1.165) is 11.3 Å². The van der Waals surface area contributed by atoms with Gasteiger partial charge < -0.3 is 19.0 Å². The fourth-order valence-electron chi connectivity index (χ4n) is 2.83. The fraction of sp³-hybridized carbons (Fsp3) is 0.0909. The van der Waals surface area contributed by atoms with Crippen LogP contribution >= 0.6 is 0 Å². The molecule has 0 aliphatic heterocycles. The molecule has 0 unspecified atom stereocenters. The molecule has 4 aromatic rings. The normalized spacial score (nSPS) is 11.2. The lowest BCUT2D eigenvalue weighted by atomic mass is 10.2. The molecule has 28 heavy (non-hydrogen) atoms. The molecule has 0 saturated heterocycles. The van der Waals surface area contributed by atoms with E-state index in [9.17, 15) is 5.11 Å². The Morgan fingerprint density at radius 3 is 2.68 bits per heavy atom. The molecule has 0 amide bonds. The highest BCUT2D eigenvalue weighted by atomic mass is 16.5. The predicted molar refractivity (Wildman–Crippen MR) is 108 cm³/mol. The lowest BCUT2D eigenvalue weighted by molar-refractivity contribution is 0.373. The third kappa shape index (κ3) is 3.40. The van der Waals surface area contributed by atoms with Gasteiger partial charge in [0.15, 0.2) is 17.1 Å². The summed E-state index contributed by atoms with van der Waals surface area (Å²) < 4.78 is 16.2. The van der Waals surface area contributed by atoms with Crippen LogP contribution in [0.4, 0.5) is 5.69 Å². The van der Waals surface area contributed by atoms with Gasteiger partial charge in [-0.3, -0.25) is 4.99 Å². The van der Waals surface area contributed by atoms with E-state index in [1.807, 2.05) is 42.5 Å². The summed E-state index contributed by atoms with van der Waals surface area (Å²) in [5, 5.41) is 10.2. The lowest BCUT2D eigenvalue weighted by Crippen LogP contribution is -1.88. The first-order valence-electron chi connectivity index (χ1n) is 8.63. The number of aromatic hydroxyl groups is 1. The van der Waals surface area contributed by atoms with Gasteiger partial charge in [-0.25, -0.2) is 4.98 Å². The van der Waals surface area contributed by atoms with Crippen molar-refractivity contribution in [1.29, 1.82) is 0 Å². The zero-order valence-electron chi connectivity index (χ0n) is 15.4. The van der Waals surface area contributed by atoms with E-state index >= 15 is 0 Å². The van der Waals surface area contributed by atoms with Crippen LogP contribution in [-0.2, 0) is 0 Å². The van der Waals surface area contributed by atoms with Gasteiger partial charge in [-0.1, -0.05) is 12.1 Å². The van der Waals surface area contributed by atoms with Crippen LogP contribution in [0.15, 0.2) is 70.1 Å². The van der Waals surface area contributed by atoms with Crippen LogP contribution in [0.2, 0.25) is 0 Å². The first kappa shape index (κ1) is 17.6. The molecule has 3 aromatic carbocycles. The Kier molecular flexibility index (Phi) is 4.68. The molecule has 0 aliphatic rings. The van der Waals surface area contributed by atoms with Crippen LogP contribution in [0.1, 0.15) is 5.56 Å². The minimum Gasteiger partial charge on any atom is -0.504 e. The van der Waals surface area contributed by atoms with Crippen LogP contribution < -0.4 is 9.47 Å². The summed E-state index contributed by atoms with van der Waals surface area (Å²) in [7, 11) is 3.13. The number of para-hydroxylation sites is 1. The van der Waals surface area contributed by atoms with Crippen molar-refractivity contribution in [2.24, 2.45) is 4.99 Å². The van der Waals surface area contributed by atoms with E-state index in [0.29, 0.717) is 34.0 Å². The number of phenols is 1. The molecule has 0 atom stereocenters. The summed E-state index contributed by atoms with van der Waals surface area (Å²) in [5.41, 5.74) is 3.46. The van der Waals surface area contributed by atoms with E-state index in [-0.39, 0.29) is 5.75 Å². The highest BCUT2D eigenvalue weighted by Gasteiger charge is 2.10. The third-order valence-corrected chi connectivity index (χ3v) is 4.29. The van der Waals surface area contributed by atoms with Crippen molar-refractivity contribution in [1.82, 2.24) is 4.98 Å². The van der Waals surface area contributed by atoms with Gasteiger partial charge in [-0.15, -0.1) is 0 Å². The number of hydrogen-bond acceptors (Lipinski definition) is 6. The molecular formula is C22H18N2O4. The third-order valence-electron chi connectivity index (χ3n) is 4.29. The van der Waals surface area contributed by atoms with Gasteiger partial charge in [0.1, 0.15) is 11.3 Å². The Hall–Kier alpha value is -3.80. The maximum absolute atomic E-state index is 10.2. The molecule has 1 N–H and O–H groups in total. The Morgan fingerprint density at radius 1 is 1.00 bits per heavy atom. The number of methoxy groups -OCH3 is 2. The largest absolute Gasteiger partial charge is 0.504 e. The average Bonchev–Trinajstić information content (AvgIpc) is 3.16. The second-order valence-corrected chi connectivity index (χ2v) is 6.06. The quantitative estimate of drug-likeness (QED) is 0.499. The molecular weight excluding hydrogens is 356 g/mol. The second-order valence-electron chi connectivity index (χ2n) is 6.06. The van der Waals surface area contributed by atoms with Crippen molar-refractivity contribution in [3.63, 3.8) is 0 Å². The summed E-state index contributed by atoms with van der Waals surface area (Å²) in [4.78, 5) is 8.98. The van der Waals surface area contributed by atoms with Crippen LogP contribution in [-0.4, -0.2) is 30.5 Å². The first-order chi connectivity index (χ1) is 13.7. The minimum absolute atomic E-state index is 0.0524. The van der Waals surface area contributed by atoms with Gasteiger partial charge in [0.05, 0.1) is 19.9 Å². The van der Waals surface area contributed by atoms with Gasteiger partial charge in [0, 0.05) is 17.3 Å². The number of hydrogen-bond donors (Lipinski definition) is 1. The maximum atomic E-state index is 10.2. The van der Waals surface area contributed by atoms with Gasteiger partial charge in [-0.05, 0) is 48.5 Å². The molecule has 1 aromatic heterocycles. The van der Waals surface area contributed by atoms with Gasteiger partial charge in [-0.2, -0.15) is 0 Å². The zero-order valence-corrected chi connectivity index (χ0v) is 15.4. The predicted octanol–water partition coefficient (Wildman–Crippen LogP) is 4.97. The molecule has 4 rings (SSSR count). The summed E-state index contributed by atoms with van der Waals surface area (Å²) in [6.45, 7) is 0. The van der Waals surface area contributed by atoms with Crippen molar-refractivity contribution >= 4 is 23.0 Å². The summed E-state index contributed by atoms with van der Waals surface area (Å²) in [6.07, 6.45) is 1.59. The van der Waals surface area contributed by atoms with Gasteiger partial charge in [0.25, 0.3) is 0 Å². The molecule has 0 spiro atoms. The molecule has 140 valence electrons. The van der Waals surface area contributed by atoms with Crippen molar-refractivity contribution in [2.45, 2.75) is 0 Å². The minimum atomic E-state index is 0.0524. The van der Waals surface area contributed by atoms with Crippen molar-refractivity contribution in [2.75, 3.05) is 14.2 Å². The number of oxazole rings is 1. The van der Waals surface area contributed by atoms with Crippen LogP contribution in [0.25, 0.3) is 22.6 Å². The highest BCUT2D eigenvalue weighted by molar-refractivity contribution is 5.88. The number of nitrogens with zero attached hydrogens (tertiary/aromatic N) is 2. The van der Waals surface area contributed by atoms with Gasteiger partial charge >= 0.3 is 0 Å². The molecule has 0 fully saturated rings. The van der Waals surface area contributed by atoms with E-state index in [1.165, 1.54) is 7.11 Å². The number of benzene rings is 3. The standard InChI is InChI=1S/C22H18N2O4/c1-26-17-7-3-5-14(11-17)22-24-18-12-16(9-10-19(18)28-22)23-13-15-6-4-8-20(27-2)21(15)25/h3-13,25H,1-2H3. The van der Waals surface area contributed by atoms with E-state index in [4.69, 9.17) is 13.9 Å². The average molecular weight is 374 g/mol. The number of aromatic nitrogens is 1. The molecule has 0 saturated carbocycles. The number of ether oxygens (including phenoxy) is 2. The molecule has 6 heteroatoms. The Labute approximate surface area is 161 Å². The highest BCUT2D eigenvalue weighted by Crippen LogP contribution is 2.30.